The molecule has 0 bridgehead atoms. The van der Waals surface area contributed by atoms with Crippen LogP contribution in [0, 0.1) is 0 Å². The van der Waals surface area contributed by atoms with E-state index in [1.807, 2.05) is 5.32 Å². The third-order valence-corrected chi connectivity index (χ3v) is 3.82. The Balaban J connectivity index is 2.05. The molecule has 3 rings (SSSR count). The number of alkyl halides is 6. The van der Waals surface area contributed by atoms with Crippen molar-refractivity contribution in [1.29, 1.82) is 0 Å². The van der Waals surface area contributed by atoms with E-state index in [9.17, 15) is 31.1 Å². The summed E-state index contributed by atoms with van der Waals surface area (Å²) in [6.45, 7) is 0. The summed E-state index contributed by atoms with van der Waals surface area (Å²) >= 11 is 0. The van der Waals surface area contributed by atoms with Crippen LogP contribution in [0.3, 0.4) is 0 Å². The van der Waals surface area contributed by atoms with Crippen LogP contribution in [0.15, 0.2) is 54.6 Å². The van der Waals surface area contributed by atoms with Gasteiger partial charge in [-0.25, -0.2) is 0 Å². The molecule has 0 aliphatic rings. The van der Waals surface area contributed by atoms with Gasteiger partial charge >= 0.3 is 12.4 Å². The van der Waals surface area contributed by atoms with Crippen LogP contribution in [0.25, 0.3) is 11.1 Å². The van der Waals surface area contributed by atoms with Crippen LogP contribution in [0.4, 0.5) is 32.2 Å². The smallest absolute Gasteiger partial charge is 0.305 e. The second kappa shape index (κ2) is 7.02. The molecule has 1 heterocycles. The Morgan fingerprint density at radius 1 is 0.857 bits per heavy atom. The Morgan fingerprint density at radius 3 is 2.07 bits per heavy atom. The van der Waals surface area contributed by atoms with E-state index in [4.69, 9.17) is 0 Å². The van der Waals surface area contributed by atoms with Crippen molar-refractivity contribution in [3.8, 4) is 11.1 Å². The molecule has 28 heavy (non-hydrogen) atoms. The Kier molecular flexibility index (Phi) is 4.88. The number of benzene rings is 2. The van der Waals surface area contributed by atoms with Gasteiger partial charge in [0.2, 0.25) is 0 Å². The van der Waals surface area contributed by atoms with Gasteiger partial charge in [-0.15, -0.1) is 0 Å². The van der Waals surface area contributed by atoms with Gasteiger partial charge in [0.1, 0.15) is 5.69 Å². The van der Waals surface area contributed by atoms with E-state index in [1.165, 1.54) is 30.3 Å². The SMILES string of the molecule is O=C(Nc1n[nH]c(C(F)(F)F)c1-c1ccccc1)c1ccccc1C(F)(F)F. The molecule has 0 fully saturated rings. The fourth-order valence-electron chi connectivity index (χ4n) is 2.63. The molecule has 0 unspecified atom stereocenters. The molecule has 0 atom stereocenters. The van der Waals surface area contributed by atoms with Crippen molar-refractivity contribution in [2.45, 2.75) is 12.4 Å². The quantitative estimate of drug-likeness (QED) is 0.582. The zero-order valence-corrected chi connectivity index (χ0v) is 13.8. The number of carbonyl (C=O) groups is 1. The van der Waals surface area contributed by atoms with Gasteiger partial charge in [0.25, 0.3) is 5.91 Å². The minimum Gasteiger partial charge on any atom is -0.305 e. The summed E-state index contributed by atoms with van der Waals surface area (Å²) in [6, 6.07) is 11.2. The number of carbonyl (C=O) groups excluding carboxylic acids is 1. The lowest BCUT2D eigenvalue weighted by Crippen LogP contribution is -2.19. The maximum atomic E-state index is 13.3. The van der Waals surface area contributed by atoms with Crippen molar-refractivity contribution in [2.24, 2.45) is 0 Å². The molecular weight excluding hydrogens is 388 g/mol. The maximum absolute atomic E-state index is 13.3. The van der Waals surface area contributed by atoms with E-state index in [0.29, 0.717) is 6.07 Å². The van der Waals surface area contributed by atoms with Crippen molar-refractivity contribution >= 4 is 11.7 Å². The molecule has 10 heteroatoms. The Labute approximate surface area is 154 Å². The van der Waals surface area contributed by atoms with Gasteiger partial charge < -0.3 is 5.32 Å². The van der Waals surface area contributed by atoms with Gasteiger partial charge in [-0.1, -0.05) is 42.5 Å². The molecular formula is C18H11F6N3O. The molecule has 0 aliphatic heterocycles. The highest BCUT2D eigenvalue weighted by Crippen LogP contribution is 2.40. The minimum atomic E-state index is -4.81. The fourth-order valence-corrected chi connectivity index (χ4v) is 2.63. The van der Waals surface area contributed by atoms with Crippen LogP contribution >= 0.6 is 0 Å². The van der Waals surface area contributed by atoms with E-state index in [0.717, 1.165) is 12.1 Å². The highest BCUT2D eigenvalue weighted by atomic mass is 19.4. The number of nitrogens with zero attached hydrogens (tertiary/aromatic N) is 1. The number of anilines is 1. The summed E-state index contributed by atoms with van der Waals surface area (Å²) < 4.78 is 79.2. The number of H-pyrrole nitrogens is 1. The molecule has 2 aromatic carbocycles. The predicted molar refractivity (Wildman–Crippen MR) is 88.4 cm³/mol. The summed E-state index contributed by atoms with van der Waals surface area (Å²) in [6.07, 6.45) is -9.62. The second-order valence-corrected chi connectivity index (χ2v) is 5.68. The first-order valence-corrected chi connectivity index (χ1v) is 7.77. The summed E-state index contributed by atoms with van der Waals surface area (Å²) in [7, 11) is 0. The van der Waals surface area contributed by atoms with Crippen molar-refractivity contribution in [3.63, 3.8) is 0 Å². The number of rotatable bonds is 3. The molecule has 0 radical (unpaired) electrons. The molecule has 1 amide bonds. The first-order chi connectivity index (χ1) is 13.1. The van der Waals surface area contributed by atoms with Crippen molar-refractivity contribution in [3.05, 3.63) is 71.4 Å². The lowest BCUT2D eigenvalue weighted by Gasteiger charge is -2.13. The monoisotopic (exact) mass is 399 g/mol. The van der Waals surface area contributed by atoms with Gasteiger partial charge in [-0.2, -0.15) is 31.4 Å². The van der Waals surface area contributed by atoms with Crippen LogP contribution in [-0.4, -0.2) is 16.1 Å². The van der Waals surface area contributed by atoms with Crippen LogP contribution in [0.5, 0.6) is 0 Å². The number of aromatic amines is 1. The van der Waals surface area contributed by atoms with E-state index in [2.05, 4.69) is 5.10 Å². The van der Waals surface area contributed by atoms with E-state index < -0.39 is 46.5 Å². The van der Waals surface area contributed by atoms with Gasteiger partial charge in [-0.3, -0.25) is 9.89 Å². The summed E-state index contributed by atoms with van der Waals surface area (Å²) in [5.74, 6) is -1.76. The molecule has 0 spiro atoms. The van der Waals surface area contributed by atoms with Crippen molar-refractivity contribution < 1.29 is 31.1 Å². The lowest BCUT2D eigenvalue weighted by molar-refractivity contribution is -0.140. The summed E-state index contributed by atoms with van der Waals surface area (Å²) in [5, 5.41) is 7.31. The molecule has 2 N–H and O–H groups in total. The Bertz CT molecular complexity index is 993. The maximum Gasteiger partial charge on any atom is 0.433 e. The fraction of sp³-hybridized carbons (Fsp3) is 0.111. The average molecular weight is 399 g/mol. The van der Waals surface area contributed by atoms with Gasteiger partial charge in [0.15, 0.2) is 5.82 Å². The molecule has 0 saturated heterocycles. The molecule has 0 saturated carbocycles. The van der Waals surface area contributed by atoms with Gasteiger partial charge in [-0.05, 0) is 17.7 Å². The highest BCUT2D eigenvalue weighted by molar-refractivity contribution is 6.06. The van der Waals surface area contributed by atoms with Crippen molar-refractivity contribution in [2.75, 3.05) is 5.32 Å². The topological polar surface area (TPSA) is 57.8 Å². The van der Waals surface area contributed by atoms with E-state index in [1.54, 1.807) is 11.2 Å². The Morgan fingerprint density at radius 2 is 1.46 bits per heavy atom. The molecule has 4 nitrogen and oxygen atoms in total. The Hall–Kier alpha value is -3.30. The zero-order valence-electron chi connectivity index (χ0n) is 13.8. The first kappa shape index (κ1) is 19.5. The van der Waals surface area contributed by atoms with Crippen LogP contribution in [0.1, 0.15) is 21.6 Å². The van der Waals surface area contributed by atoms with Crippen LogP contribution in [-0.2, 0) is 12.4 Å². The molecule has 1 aromatic heterocycles. The van der Waals surface area contributed by atoms with E-state index >= 15 is 0 Å². The second-order valence-electron chi connectivity index (χ2n) is 5.68. The number of hydrogen-bond acceptors (Lipinski definition) is 2. The molecule has 146 valence electrons. The highest BCUT2D eigenvalue weighted by Gasteiger charge is 2.39. The normalized spacial score (nSPS) is 12.1. The number of hydrogen-bond donors (Lipinski definition) is 2. The van der Waals surface area contributed by atoms with Gasteiger partial charge in [0.05, 0.1) is 16.7 Å². The van der Waals surface area contributed by atoms with Crippen molar-refractivity contribution in [1.82, 2.24) is 10.2 Å². The van der Waals surface area contributed by atoms with Crippen LogP contribution < -0.4 is 5.32 Å². The number of aromatic nitrogens is 2. The molecule has 0 aliphatic carbocycles. The number of amides is 1. The third-order valence-electron chi connectivity index (χ3n) is 3.82. The third kappa shape index (κ3) is 3.85. The standard InChI is InChI=1S/C18H11F6N3O/c19-17(20,21)12-9-5-4-8-11(12)16(28)25-15-13(10-6-2-1-3-7-10)14(26-27-15)18(22,23)24/h1-9H,(H2,25,26,27,28). The minimum absolute atomic E-state index is 0.0861. The lowest BCUT2D eigenvalue weighted by atomic mass is 10.0. The van der Waals surface area contributed by atoms with Gasteiger partial charge in [0, 0.05) is 0 Å². The predicted octanol–water partition coefficient (Wildman–Crippen LogP) is 5.37. The number of nitrogens with one attached hydrogen (secondary N) is 2. The van der Waals surface area contributed by atoms with E-state index in [-0.39, 0.29) is 5.56 Å². The molecule has 3 aromatic rings. The summed E-state index contributed by atoms with van der Waals surface area (Å²) in [4.78, 5) is 12.4. The first-order valence-electron chi connectivity index (χ1n) is 7.77. The largest absolute Gasteiger partial charge is 0.433 e. The summed E-state index contributed by atoms with van der Waals surface area (Å²) in [5.41, 5.74) is -3.54. The zero-order chi connectivity index (χ0) is 20.5. The average Bonchev–Trinajstić information content (AvgIpc) is 3.05. The number of halogens is 6. The van der Waals surface area contributed by atoms with Crippen LogP contribution in [0.2, 0.25) is 0 Å².